The van der Waals surface area contributed by atoms with Crippen LogP contribution in [0.15, 0.2) is 30.3 Å². The number of benzene rings is 1. The molecule has 0 aliphatic heterocycles. The minimum atomic E-state index is -0.377. The normalized spacial score (nSPS) is 10.4. The van der Waals surface area contributed by atoms with Crippen LogP contribution < -0.4 is 10.5 Å². The van der Waals surface area contributed by atoms with Gasteiger partial charge in [0.15, 0.2) is 11.6 Å². The highest BCUT2D eigenvalue weighted by molar-refractivity contribution is 6.31. The summed E-state index contributed by atoms with van der Waals surface area (Å²) in [4.78, 5) is 4.04. The number of ether oxygens (including phenoxy) is 1. The molecule has 1 heterocycles. The highest BCUT2D eigenvalue weighted by Gasteiger charge is 2.08. The van der Waals surface area contributed by atoms with Crippen LogP contribution in [0.4, 0.5) is 10.2 Å². The summed E-state index contributed by atoms with van der Waals surface area (Å²) < 4.78 is 19.0. The number of nitrogens with zero attached hydrogens (tertiary/aromatic N) is 1. The van der Waals surface area contributed by atoms with Crippen molar-refractivity contribution in [3.8, 4) is 5.75 Å². The third-order valence-corrected chi connectivity index (χ3v) is 2.81. The third-order valence-electron chi connectivity index (χ3n) is 2.46. The van der Waals surface area contributed by atoms with Gasteiger partial charge in [0.25, 0.3) is 0 Å². The maximum Gasteiger partial charge on any atom is 0.167 e. The third kappa shape index (κ3) is 2.71. The Morgan fingerprint density at radius 1 is 1.33 bits per heavy atom. The average molecular weight is 267 g/mol. The van der Waals surface area contributed by atoms with Gasteiger partial charge in [-0.05, 0) is 30.7 Å². The van der Waals surface area contributed by atoms with Crippen LogP contribution in [0, 0.1) is 12.7 Å². The lowest BCUT2D eigenvalue weighted by molar-refractivity contribution is 0.285. The fourth-order valence-electron chi connectivity index (χ4n) is 1.48. The molecule has 5 heteroatoms. The van der Waals surface area contributed by atoms with Crippen molar-refractivity contribution in [2.24, 2.45) is 0 Å². The second-order valence-corrected chi connectivity index (χ2v) is 4.25. The van der Waals surface area contributed by atoms with Crippen molar-refractivity contribution in [2.75, 3.05) is 5.73 Å². The van der Waals surface area contributed by atoms with Gasteiger partial charge in [-0.25, -0.2) is 9.37 Å². The lowest BCUT2D eigenvalue weighted by Gasteiger charge is -2.09. The summed E-state index contributed by atoms with van der Waals surface area (Å²) >= 11 is 5.94. The van der Waals surface area contributed by atoms with E-state index in [1.54, 1.807) is 37.3 Å². The maximum atomic E-state index is 13.7. The molecule has 0 radical (unpaired) electrons. The Kier molecular flexibility index (Phi) is 3.67. The first-order valence-electron chi connectivity index (χ1n) is 5.36. The fraction of sp³-hybridized carbons (Fsp3) is 0.154. The first kappa shape index (κ1) is 12.6. The van der Waals surface area contributed by atoms with Crippen molar-refractivity contribution < 1.29 is 9.13 Å². The van der Waals surface area contributed by atoms with Crippen LogP contribution in [0.3, 0.4) is 0 Å². The number of halogens is 2. The number of aromatic nitrogens is 1. The van der Waals surface area contributed by atoms with Crippen molar-refractivity contribution in [3.05, 3.63) is 52.4 Å². The first-order chi connectivity index (χ1) is 8.58. The average Bonchev–Trinajstić information content (AvgIpc) is 2.35. The molecule has 0 spiro atoms. The number of hydrogen-bond donors (Lipinski definition) is 1. The minimum absolute atomic E-state index is 0.0737. The molecule has 0 atom stereocenters. The van der Waals surface area contributed by atoms with Gasteiger partial charge in [-0.15, -0.1) is 0 Å². The molecule has 18 heavy (non-hydrogen) atoms. The van der Waals surface area contributed by atoms with E-state index in [0.717, 1.165) is 0 Å². The van der Waals surface area contributed by atoms with E-state index < -0.39 is 0 Å². The predicted molar refractivity (Wildman–Crippen MR) is 69.1 cm³/mol. The number of pyridine rings is 1. The first-order valence-corrected chi connectivity index (χ1v) is 5.74. The fourth-order valence-corrected chi connectivity index (χ4v) is 1.64. The molecule has 0 saturated heterocycles. The quantitative estimate of drug-likeness (QED) is 0.927. The van der Waals surface area contributed by atoms with Crippen molar-refractivity contribution in [2.45, 2.75) is 13.5 Å². The van der Waals surface area contributed by atoms with Crippen LogP contribution in [0.1, 0.15) is 11.3 Å². The zero-order valence-electron chi connectivity index (χ0n) is 9.78. The molecule has 1 aromatic carbocycles. The van der Waals surface area contributed by atoms with Gasteiger partial charge in [0, 0.05) is 0 Å². The summed E-state index contributed by atoms with van der Waals surface area (Å²) in [6, 6.07) is 8.19. The standard InChI is InChI=1S/C13H12ClFN2O/c1-8-3-2-4-11(13(8)15)18-7-10-9(14)5-6-12(16)17-10/h2-6H,7H2,1H3,(H2,16,17). The monoisotopic (exact) mass is 266 g/mol. The molecule has 0 aliphatic rings. The van der Waals surface area contributed by atoms with Crippen LogP contribution in [0.25, 0.3) is 0 Å². The summed E-state index contributed by atoms with van der Waals surface area (Å²) in [6.45, 7) is 1.75. The number of nitrogens with two attached hydrogens (primary N) is 1. The Hall–Kier alpha value is -1.81. The zero-order valence-corrected chi connectivity index (χ0v) is 10.5. The molecule has 0 unspecified atom stereocenters. The molecule has 1 aromatic heterocycles. The van der Waals surface area contributed by atoms with Gasteiger partial charge in [-0.3, -0.25) is 0 Å². The molecule has 0 bridgehead atoms. The molecule has 2 N–H and O–H groups in total. The van der Waals surface area contributed by atoms with Crippen molar-refractivity contribution in [1.29, 1.82) is 0 Å². The summed E-state index contributed by atoms with van der Waals surface area (Å²) in [5, 5.41) is 0.442. The molecule has 0 saturated carbocycles. The van der Waals surface area contributed by atoms with E-state index in [2.05, 4.69) is 4.98 Å². The van der Waals surface area contributed by atoms with Crippen LogP contribution in [0.2, 0.25) is 5.02 Å². The van der Waals surface area contributed by atoms with Crippen LogP contribution >= 0.6 is 11.6 Å². The topological polar surface area (TPSA) is 48.1 Å². The molecule has 0 amide bonds. The summed E-state index contributed by atoms with van der Waals surface area (Å²) in [6.07, 6.45) is 0. The Bertz CT molecular complexity index is 573. The predicted octanol–water partition coefficient (Wildman–Crippen LogP) is 3.34. The van der Waals surface area contributed by atoms with E-state index in [9.17, 15) is 4.39 Å². The van der Waals surface area contributed by atoms with Crippen molar-refractivity contribution in [3.63, 3.8) is 0 Å². The van der Waals surface area contributed by atoms with E-state index in [1.165, 1.54) is 0 Å². The van der Waals surface area contributed by atoms with E-state index in [4.69, 9.17) is 22.1 Å². The molecular formula is C13H12ClFN2O. The van der Waals surface area contributed by atoms with Gasteiger partial charge in [0.1, 0.15) is 12.4 Å². The summed E-state index contributed by atoms with van der Waals surface area (Å²) in [5.74, 6) is 0.149. The highest BCUT2D eigenvalue weighted by Crippen LogP contribution is 2.22. The molecule has 3 nitrogen and oxygen atoms in total. The van der Waals surface area contributed by atoms with Crippen molar-refractivity contribution >= 4 is 17.4 Å². The second-order valence-electron chi connectivity index (χ2n) is 3.84. The van der Waals surface area contributed by atoms with Crippen molar-refractivity contribution in [1.82, 2.24) is 4.98 Å². The summed E-state index contributed by atoms with van der Waals surface area (Å²) in [5.41, 5.74) is 6.56. The van der Waals surface area contributed by atoms with Gasteiger partial charge in [-0.1, -0.05) is 23.7 Å². The van der Waals surface area contributed by atoms with E-state index in [-0.39, 0.29) is 18.2 Å². The molecule has 0 aliphatic carbocycles. The zero-order chi connectivity index (χ0) is 13.1. The number of anilines is 1. The maximum absolute atomic E-state index is 13.7. The number of aryl methyl sites for hydroxylation is 1. The van der Waals surface area contributed by atoms with Crippen LogP contribution in [0.5, 0.6) is 5.75 Å². The number of hydrogen-bond acceptors (Lipinski definition) is 3. The second kappa shape index (κ2) is 5.23. The summed E-state index contributed by atoms with van der Waals surface area (Å²) in [7, 11) is 0. The number of nitrogen functional groups attached to an aromatic ring is 1. The largest absolute Gasteiger partial charge is 0.484 e. The molecule has 0 fully saturated rings. The van der Waals surface area contributed by atoms with E-state index >= 15 is 0 Å². The van der Waals surface area contributed by atoms with Gasteiger partial charge in [-0.2, -0.15) is 0 Å². The Morgan fingerprint density at radius 2 is 2.11 bits per heavy atom. The lowest BCUT2D eigenvalue weighted by atomic mass is 10.2. The molecule has 94 valence electrons. The van der Waals surface area contributed by atoms with Gasteiger partial charge >= 0.3 is 0 Å². The minimum Gasteiger partial charge on any atom is -0.484 e. The molecule has 2 rings (SSSR count). The lowest BCUT2D eigenvalue weighted by Crippen LogP contribution is -2.03. The SMILES string of the molecule is Cc1cccc(OCc2nc(N)ccc2Cl)c1F. The number of rotatable bonds is 3. The van der Waals surface area contributed by atoms with E-state index in [0.29, 0.717) is 22.1 Å². The Morgan fingerprint density at radius 3 is 2.89 bits per heavy atom. The Balaban J connectivity index is 2.16. The molecule has 2 aromatic rings. The van der Waals surface area contributed by atoms with Gasteiger partial charge in [0.05, 0.1) is 10.7 Å². The van der Waals surface area contributed by atoms with E-state index in [1.807, 2.05) is 0 Å². The van der Waals surface area contributed by atoms with Gasteiger partial charge < -0.3 is 10.5 Å². The van der Waals surface area contributed by atoms with Crippen LogP contribution in [-0.4, -0.2) is 4.98 Å². The van der Waals surface area contributed by atoms with Crippen LogP contribution in [-0.2, 0) is 6.61 Å². The molecular weight excluding hydrogens is 255 g/mol. The van der Waals surface area contributed by atoms with Gasteiger partial charge in [0.2, 0.25) is 0 Å². The smallest absolute Gasteiger partial charge is 0.167 e. The highest BCUT2D eigenvalue weighted by atomic mass is 35.5. The Labute approximate surface area is 109 Å².